The number of nitrogens with two attached hydrogens (primary N) is 1. The Bertz CT molecular complexity index is 1110. The highest BCUT2D eigenvalue weighted by Crippen LogP contribution is 2.48. The van der Waals surface area contributed by atoms with Crippen molar-refractivity contribution in [2.75, 3.05) is 20.1 Å². The summed E-state index contributed by atoms with van der Waals surface area (Å²) in [6.45, 7) is 1.07. The van der Waals surface area contributed by atoms with Crippen molar-refractivity contribution in [1.29, 1.82) is 5.26 Å². The number of carbonyl (C=O) groups excluding carboxylic acids is 3. The van der Waals surface area contributed by atoms with E-state index in [0.717, 1.165) is 43.2 Å². The molecule has 7 atom stereocenters. The van der Waals surface area contributed by atoms with Crippen molar-refractivity contribution in [3.05, 3.63) is 34.9 Å². The molecule has 0 aromatic heterocycles. The molecule has 1 aromatic carbocycles. The lowest BCUT2D eigenvalue weighted by Gasteiger charge is -2.38. The zero-order valence-electron chi connectivity index (χ0n) is 19.3. The Balaban J connectivity index is 1.12. The molecule has 0 radical (unpaired) electrons. The molecule has 3 amide bonds. The van der Waals surface area contributed by atoms with Gasteiger partial charge in [-0.3, -0.25) is 19.3 Å². The van der Waals surface area contributed by atoms with E-state index in [4.69, 9.17) is 5.73 Å². The number of likely N-dealkylation sites (tertiary alicyclic amines) is 3. The summed E-state index contributed by atoms with van der Waals surface area (Å²) in [5.74, 6) is 0.319. The number of nitriles is 1. The third kappa shape index (κ3) is 3.16. The van der Waals surface area contributed by atoms with E-state index < -0.39 is 6.04 Å². The smallest absolute Gasteiger partial charge is 0.251 e. The second-order valence-electron chi connectivity index (χ2n) is 10.4. The van der Waals surface area contributed by atoms with Crippen LogP contribution in [0.1, 0.15) is 53.2 Å². The molecule has 3 heterocycles. The average Bonchev–Trinajstić information content (AvgIpc) is 3.18. The number of benzene rings is 1. The fourth-order valence-electron chi connectivity index (χ4n) is 6.88. The Kier molecular flexibility index (Phi) is 4.94. The SMILES string of the molecule is CNC(=O)c1ccc2c(c1)CC[C@H]2N1C(=O)[C@H]2C[C@@H]1CN2C[C@H](N)C(=O)N1[C@H](C#N)CC2C[C@@H]21. The van der Waals surface area contributed by atoms with Crippen LogP contribution in [0.5, 0.6) is 0 Å². The summed E-state index contributed by atoms with van der Waals surface area (Å²) in [5.41, 5.74) is 9.25. The maximum absolute atomic E-state index is 13.4. The van der Waals surface area contributed by atoms with Crippen molar-refractivity contribution in [3.63, 3.8) is 0 Å². The van der Waals surface area contributed by atoms with E-state index in [1.54, 1.807) is 11.9 Å². The van der Waals surface area contributed by atoms with Crippen LogP contribution < -0.4 is 11.1 Å². The lowest BCUT2D eigenvalue weighted by molar-refractivity contribution is -0.141. The van der Waals surface area contributed by atoms with Gasteiger partial charge in [-0.15, -0.1) is 0 Å². The van der Waals surface area contributed by atoms with Crippen LogP contribution in [-0.2, 0) is 16.0 Å². The van der Waals surface area contributed by atoms with Crippen molar-refractivity contribution < 1.29 is 14.4 Å². The van der Waals surface area contributed by atoms with Crippen molar-refractivity contribution in [3.8, 4) is 6.07 Å². The second-order valence-corrected chi connectivity index (χ2v) is 10.4. The van der Waals surface area contributed by atoms with Gasteiger partial charge < -0.3 is 20.9 Å². The zero-order chi connectivity index (χ0) is 23.7. The number of piperidine rings is 1. The molecule has 9 nitrogen and oxygen atoms in total. The van der Waals surface area contributed by atoms with Crippen molar-refractivity contribution >= 4 is 17.7 Å². The molecule has 5 aliphatic rings. The number of rotatable bonds is 5. The molecule has 2 bridgehead atoms. The molecule has 1 unspecified atom stereocenters. The van der Waals surface area contributed by atoms with Gasteiger partial charge in [-0.2, -0.15) is 5.26 Å². The fourth-order valence-corrected chi connectivity index (χ4v) is 6.88. The number of aryl methyl sites for hydroxylation is 1. The molecule has 6 rings (SSSR count). The number of fused-ring (bicyclic) bond motifs is 4. The van der Waals surface area contributed by atoms with Gasteiger partial charge >= 0.3 is 0 Å². The molecule has 178 valence electrons. The van der Waals surface area contributed by atoms with Crippen LogP contribution in [0.4, 0.5) is 0 Å². The van der Waals surface area contributed by atoms with E-state index in [1.165, 1.54) is 0 Å². The number of piperazine rings is 1. The normalized spacial score (nSPS) is 34.1. The molecule has 4 fully saturated rings. The van der Waals surface area contributed by atoms with Crippen molar-refractivity contribution in [2.45, 2.75) is 68.4 Å². The Morgan fingerprint density at radius 3 is 2.82 bits per heavy atom. The van der Waals surface area contributed by atoms with Gasteiger partial charge in [0.2, 0.25) is 11.8 Å². The molecule has 1 saturated carbocycles. The summed E-state index contributed by atoms with van der Waals surface area (Å²) in [5, 5.41) is 12.1. The largest absolute Gasteiger partial charge is 0.355 e. The lowest BCUT2D eigenvalue weighted by atomic mass is 10.0. The first-order valence-electron chi connectivity index (χ1n) is 12.3. The standard InChI is InChI=1S/C25H30N6O3/c1-28-23(32)14-2-4-18-13(6-14)3-5-20(18)31-17-9-22(25(31)34)29(11-17)12-19(27)24(33)30-16(10-26)7-15-8-21(15)30/h2,4,6,15-17,19-22H,3,5,7-9,11-12,27H2,1H3,(H,28,32)/t15?,16-,17+,19-,20+,21-,22+/m0/s1. The van der Waals surface area contributed by atoms with Gasteiger partial charge in [-0.25, -0.2) is 0 Å². The minimum Gasteiger partial charge on any atom is -0.355 e. The number of nitrogens with one attached hydrogen (secondary N) is 1. The molecule has 9 heteroatoms. The molecule has 3 aliphatic heterocycles. The minimum atomic E-state index is -0.717. The summed E-state index contributed by atoms with van der Waals surface area (Å²) >= 11 is 0. The van der Waals surface area contributed by atoms with E-state index in [2.05, 4.69) is 16.3 Å². The number of hydrogen-bond acceptors (Lipinski definition) is 6. The van der Waals surface area contributed by atoms with Gasteiger partial charge in [0.15, 0.2) is 0 Å². The van der Waals surface area contributed by atoms with Gasteiger partial charge in [0.05, 0.1) is 24.2 Å². The van der Waals surface area contributed by atoms with Crippen molar-refractivity contribution in [2.24, 2.45) is 11.7 Å². The Labute approximate surface area is 198 Å². The van der Waals surface area contributed by atoms with Crippen LogP contribution >= 0.6 is 0 Å². The second kappa shape index (κ2) is 7.79. The molecule has 34 heavy (non-hydrogen) atoms. The highest BCUT2D eigenvalue weighted by atomic mass is 16.2. The lowest BCUT2D eigenvalue weighted by Crippen LogP contribution is -2.57. The van der Waals surface area contributed by atoms with E-state index in [1.807, 2.05) is 23.1 Å². The molecule has 3 N–H and O–H groups in total. The van der Waals surface area contributed by atoms with Gasteiger partial charge in [-0.05, 0) is 61.3 Å². The molecule has 1 aromatic rings. The maximum Gasteiger partial charge on any atom is 0.251 e. The van der Waals surface area contributed by atoms with Gasteiger partial charge in [0.1, 0.15) is 6.04 Å². The first kappa shape index (κ1) is 21.6. The summed E-state index contributed by atoms with van der Waals surface area (Å²) in [6.07, 6.45) is 4.22. The van der Waals surface area contributed by atoms with Crippen molar-refractivity contribution in [1.82, 2.24) is 20.0 Å². The quantitative estimate of drug-likeness (QED) is 0.643. The van der Waals surface area contributed by atoms with Gasteiger partial charge in [0.25, 0.3) is 5.91 Å². The third-order valence-corrected chi connectivity index (χ3v) is 8.58. The van der Waals surface area contributed by atoms with Crippen LogP contribution in [0, 0.1) is 17.2 Å². The van der Waals surface area contributed by atoms with Crippen LogP contribution in [0.2, 0.25) is 0 Å². The van der Waals surface area contributed by atoms with E-state index in [0.29, 0.717) is 24.6 Å². The zero-order valence-corrected chi connectivity index (χ0v) is 19.3. The fraction of sp³-hybridized carbons (Fsp3) is 0.600. The highest BCUT2D eigenvalue weighted by Gasteiger charge is 2.56. The number of amides is 3. The molecule has 2 aliphatic carbocycles. The van der Waals surface area contributed by atoms with Gasteiger partial charge in [-0.1, -0.05) is 6.07 Å². The average molecular weight is 463 g/mol. The summed E-state index contributed by atoms with van der Waals surface area (Å²) in [6, 6.07) is 7.05. The molecular weight excluding hydrogens is 432 g/mol. The van der Waals surface area contributed by atoms with Crippen LogP contribution in [0.25, 0.3) is 0 Å². The number of hydrogen-bond donors (Lipinski definition) is 2. The van der Waals surface area contributed by atoms with E-state index in [9.17, 15) is 19.6 Å². The molecule has 0 spiro atoms. The molecule has 3 saturated heterocycles. The highest BCUT2D eigenvalue weighted by molar-refractivity contribution is 5.94. The van der Waals surface area contributed by atoms with E-state index in [-0.39, 0.29) is 47.9 Å². The number of carbonyl (C=O) groups is 3. The van der Waals surface area contributed by atoms with Crippen LogP contribution in [-0.4, -0.2) is 82.8 Å². The first-order chi connectivity index (χ1) is 16.4. The topological polar surface area (TPSA) is 123 Å². The summed E-state index contributed by atoms with van der Waals surface area (Å²) in [4.78, 5) is 44.2. The maximum atomic E-state index is 13.4. The minimum absolute atomic E-state index is 0.0430. The van der Waals surface area contributed by atoms with Gasteiger partial charge in [0, 0.05) is 37.8 Å². The third-order valence-electron chi connectivity index (χ3n) is 8.58. The monoisotopic (exact) mass is 462 g/mol. The predicted octanol–water partition coefficient (Wildman–Crippen LogP) is 0.159. The number of nitrogens with zero attached hydrogens (tertiary/aromatic N) is 4. The summed E-state index contributed by atoms with van der Waals surface area (Å²) < 4.78 is 0. The summed E-state index contributed by atoms with van der Waals surface area (Å²) in [7, 11) is 1.62. The Morgan fingerprint density at radius 2 is 2.09 bits per heavy atom. The van der Waals surface area contributed by atoms with Crippen LogP contribution in [0.3, 0.4) is 0 Å². The predicted molar refractivity (Wildman–Crippen MR) is 122 cm³/mol. The Hall–Kier alpha value is -2.96. The molecular formula is C25H30N6O3. The van der Waals surface area contributed by atoms with E-state index >= 15 is 0 Å². The van der Waals surface area contributed by atoms with Crippen LogP contribution in [0.15, 0.2) is 18.2 Å². The first-order valence-corrected chi connectivity index (χ1v) is 12.3. The Morgan fingerprint density at radius 1 is 1.26 bits per heavy atom.